The molecule has 0 radical (unpaired) electrons. The Morgan fingerprint density at radius 2 is 2.00 bits per heavy atom. The Balaban J connectivity index is 2.23. The lowest BCUT2D eigenvalue weighted by molar-refractivity contribution is 0.931. The molecule has 1 aliphatic rings. The van der Waals surface area contributed by atoms with Crippen molar-refractivity contribution in [2.45, 2.75) is 6.42 Å². The summed E-state index contributed by atoms with van der Waals surface area (Å²) in [5.41, 5.74) is 0.707. The predicted octanol–water partition coefficient (Wildman–Crippen LogP) is 0.629. The van der Waals surface area contributed by atoms with Crippen molar-refractivity contribution in [1.82, 2.24) is 9.97 Å². The number of hydrogen-bond acceptors (Lipinski definition) is 4. The van der Waals surface area contributed by atoms with Gasteiger partial charge in [0.2, 0.25) is 0 Å². The molecule has 19 heavy (non-hydrogen) atoms. The molecule has 0 aliphatic carbocycles. The Morgan fingerprint density at radius 1 is 1.21 bits per heavy atom. The molecule has 6 nitrogen and oxygen atoms in total. The minimum absolute atomic E-state index is 0.0729. The first-order valence-electron chi connectivity index (χ1n) is 5.83. The van der Waals surface area contributed by atoms with E-state index in [4.69, 9.17) is 5.26 Å². The molecule has 94 valence electrons. The number of fused-ring (bicyclic) bond motifs is 1. The van der Waals surface area contributed by atoms with Gasteiger partial charge in [0.25, 0.3) is 5.56 Å². The largest absolute Gasteiger partial charge is 0.327 e. The summed E-state index contributed by atoms with van der Waals surface area (Å²) in [6.07, 6.45) is 0.815. The maximum absolute atomic E-state index is 11.6. The van der Waals surface area contributed by atoms with Gasteiger partial charge in [0.05, 0.1) is 0 Å². The fourth-order valence-electron chi connectivity index (χ4n) is 2.35. The molecule has 2 heterocycles. The SMILES string of the molecule is N#Cc1c(N2CCc3ccccc32)[nH]c(=O)[nH]c1=O. The lowest BCUT2D eigenvalue weighted by Gasteiger charge is -2.19. The van der Waals surface area contributed by atoms with Gasteiger partial charge < -0.3 is 4.90 Å². The van der Waals surface area contributed by atoms with E-state index in [-0.39, 0.29) is 11.4 Å². The van der Waals surface area contributed by atoms with Gasteiger partial charge in [0.15, 0.2) is 5.56 Å². The Morgan fingerprint density at radius 3 is 2.79 bits per heavy atom. The second-order valence-corrected chi connectivity index (χ2v) is 4.27. The minimum atomic E-state index is -0.661. The number of aromatic amines is 2. The summed E-state index contributed by atoms with van der Waals surface area (Å²) in [4.78, 5) is 29.4. The fourth-order valence-corrected chi connectivity index (χ4v) is 2.35. The number of rotatable bonds is 1. The Hall–Kier alpha value is -2.81. The van der Waals surface area contributed by atoms with Crippen LogP contribution < -0.4 is 16.1 Å². The average molecular weight is 254 g/mol. The van der Waals surface area contributed by atoms with Crippen molar-refractivity contribution in [3.63, 3.8) is 0 Å². The third-order valence-corrected chi connectivity index (χ3v) is 3.19. The summed E-state index contributed by atoms with van der Waals surface area (Å²) in [5.74, 6) is 0.265. The van der Waals surface area contributed by atoms with Crippen LogP contribution in [0.15, 0.2) is 33.9 Å². The van der Waals surface area contributed by atoms with Crippen molar-refractivity contribution in [3.8, 4) is 6.07 Å². The van der Waals surface area contributed by atoms with Gasteiger partial charge in [-0.25, -0.2) is 4.79 Å². The molecule has 0 amide bonds. The molecule has 1 aromatic carbocycles. The molecule has 0 unspecified atom stereocenters. The van der Waals surface area contributed by atoms with Crippen molar-refractivity contribution < 1.29 is 0 Å². The molecule has 6 heteroatoms. The molecule has 1 aromatic heterocycles. The highest BCUT2D eigenvalue weighted by Crippen LogP contribution is 2.33. The monoisotopic (exact) mass is 254 g/mol. The Kier molecular flexibility index (Phi) is 2.46. The van der Waals surface area contributed by atoms with Gasteiger partial charge in [0.1, 0.15) is 11.9 Å². The van der Waals surface area contributed by atoms with Crippen LogP contribution in [0.2, 0.25) is 0 Å². The van der Waals surface area contributed by atoms with Crippen LogP contribution >= 0.6 is 0 Å². The van der Waals surface area contributed by atoms with Gasteiger partial charge in [-0.1, -0.05) is 18.2 Å². The second kappa shape index (κ2) is 4.14. The predicted molar refractivity (Wildman–Crippen MR) is 69.6 cm³/mol. The minimum Gasteiger partial charge on any atom is -0.326 e. The van der Waals surface area contributed by atoms with Gasteiger partial charge in [-0.2, -0.15) is 5.26 Å². The smallest absolute Gasteiger partial charge is 0.326 e. The Bertz CT molecular complexity index is 797. The summed E-state index contributed by atoms with van der Waals surface area (Å²) in [6, 6.07) is 9.56. The zero-order valence-corrected chi connectivity index (χ0v) is 9.93. The van der Waals surface area contributed by atoms with Gasteiger partial charge in [-0.15, -0.1) is 0 Å². The summed E-state index contributed by atoms with van der Waals surface area (Å²) in [5, 5.41) is 9.08. The molecule has 0 saturated heterocycles. The van der Waals surface area contributed by atoms with Crippen molar-refractivity contribution in [2.24, 2.45) is 0 Å². The lowest BCUT2D eigenvalue weighted by Crippen LogP contribution is -2.29. The third kappa shape index (κ3) is 1.72. The van der Waals surface area contributed by atoms with Crippen LogP contribution in [0, 0.1) is 11.3 Å². The fraction of sp³-hybridized carbons (Fsp3) is 0.154. The molecule has 0 spiro atoms. The molecule has 2 aromatic rings. The normalized spacial score (nSPS) is 13.1. The molecule has 0 fully saturated rings. The van der Waals surface area contributed by atoms with Crippen LogP contribution in [0.3, 0.4) is 0 Å². The first kappa shape index (κ1) is 11.3. The molecule has 3 rings (SSSR count). The topological polar surface area (TPSA) is 92.8 Å². The van der Waals surface area contributed by atoms with Crippen LogP contribution in [-0.4, -0.2) is 16.5 Å². The zero-order chi connectivity index (χ0) is 13.4. The summed E-state index contributed by atoms with van der Waals surface area (Å²) >= 11 is 0. The maximum Gasteiger partial charge on any atom is 0.327 e. The molecular formula is C13H10N4O2. The van der Waals surface area contributed by atoms with E-state index in [0.717, 1.165) is 17.7 Å². The number of anilines is 2. The first-order valence-corrected chi connectivity index (χ1v) is 5.83. The van der Waals surface area contributed by atoms with E-state index in [1.165, 1.54) is 0 Å². The van der Waals surface area contributed by atoms with E-state index in [0.29, 0.717) is 6.54 Å². The average Bonchev–Trinajstić information content (AvgIpc) is 2.81. The van der Waals surface area contributed by atoms with Crippen LogP contribution in [-0.2, 0) is 6.42 Å². The molecule has 2 N–H and O–H groups in total. The van der Waals surface area contributed by atoms with E-state index >= 15 is 0 Å². The van der Waals surface area contributed by atoms with Crippen molar-refractivity contribution in [3.05, 3.63) is 56.2 Å². The first-order chi connectivity index (χ1) is 9.20. The van der Waals surface area contributed by atoms with Crippen molar-refractivity contribution >= 4 is 11.5 Å². The van der Waals surface area contributed by atoms with Crippen LogP contribution in [0.25, 0.3) is 0 Å². The number of nitriles is 1. The van der Waals surface area contributed by atoms with Gasteiger partial charge >= 0.3 is 5.69 Å². The molecule has 0 bridgehead atoms. The van der Waals surface area contributed by atoms with Crippen molar-refractivity contribution in [2.75, 3.05) is 11.4 Å². The number of hydrogen-bond donors (Lipinski definition) is 2. The quantitative estimate of drug-likeness (QED) is 0.780. The van der Waals surface area contributed by atoms with Gasteiger partial charge in [-0.05, 0) is 18.1 Å². The number of benzene rings is 1. The van der Waals surface area contributed by atoms with E-state index in [1.807, 2.05) is 30.3 Å². The summed E-state index contributed by atoms with van der Waals surface area (Å²) in [6.45, 7) is 0.632. The summed E-state index contributed by atoms with van der Waals surface area (Å²) < 4.78 is 0. The van der Waals surface area contributed by atoms with Crippen LogP contribution in [0.4, 0.5) is 11.5 Å². The molecule has 1 aliphatic heterocycles. The van der Waals surface area contributed by atoms with E-state index in [9.17, 15) is 9.59 Å². The molecule has 0 saturated carbocycles. The van der Waals surface area contributed by atoms with Crippen LogP contribution in [0.1, 0.15) is 11.1 Å². The highest BCUT2D eigenvalue weighted by molar-refractivity contribution is 5.70. The third-order valence-electron chi connectivity index (χ3n) is 3.19. The van der Waals surface area contributed by atoms with E-state index in [1.54, 1.807) is 4.90 Å². The zero-order valence-electron chi connectivity index (χ0n) is 9.93. The van der Waals surface area contributed by atoms with Crippen LogP contribution in [0.5, 0.6) is 0 Å². The number of aromatic nitrogens is 2. The molecule has 0 atom stereocenters. The number of nitrogens with one attached hydrogen (secondary N) is 2. The van der Waals surface area contributed by atoms with E-state index < -0.39 is 11.2 Å². The maximum atomic E-state index is 11.6. The molecular weight excluding hydrogens is 244 g/mol. The number of para-hydroxylation sites is 1. The van der Waals surface area contributed by atoms with Gasteiger partial charge in [0, 0.05) is 12.2 Å². The highest BCUT2D eigenvalue weighted by Gasteiger charge is 2.24. The lowest BCUT2D eigenvalue weighted by atomic mass is 10.2. The highest BCUT2D eigenvalue weighted by atomic mass is 16.2. The summed E-state index contributed by atoms with van der Waals surface area (Å²) in [7, 11) is 0. The Labute approximate surface area is 107 Å². The van der Waals surface area contributed by atoms with Gasteiger partial charge in [-0.3, -0.25) is 14.8 Å². The second-order valence-electron chi connectivity index (χ2n) is 4.27. The standard InChI is InChI=1S/C13H10N4O2/c14-7-9-11(15-13(19)16-12(9)18)17-6-5-8-3-1-2-4-10(8)17/h1-4H,5-6H2,(H2,15,16,18,19). The number of H-pyrrole nitrogens is 2. The van der Waals surface area contributed by atoms with E-state index in [2.05, 4.69) is 9.97 Å². The van der Waals surface area contributed by atoms with Crippen molar-refractivity contribution in [1.29, 1.82) is 5.26 Å². The number of nitrogens with zero attached hydrogens (tertiary/aromatic N) is 2.